The van der Waals surface area contributed by atoms with Crippen molar-refractivity contribution >= 4 is 0 Å². The molecule has 20 heavy (non-hydrogen) atoms. The molecule has 2 heterocycles. The van der Waals surface area contributed by atoms with Crippen LogP contribution in [0.15, 0.2) is 30.6 Å². The third-order valence-corrected chi connectivity index (χ3v) is 2.85. The van der Waals surface area contributed by atoms with Crippen LogP contribution >= 0.6 is 0 Å². The Balaban J connectivity index is 2.01. The quantitative estimate of drug-likeness (QED) is 0.774. The molecule has 0 aliphatic heterocycles. The minimum absolute atomic E-state index is 0.702. The monoisotopic (exact) mass is 272 g/mol. The first kappa shape index (κ1) is 14.6. The van der Waals surface area contributed by atoms with Gasteiger partial charge in [0, 0.05) is 44.7 Å². The summed E-state index contributed by atoms with van der Waals surface area (Å²) in [5.74, 6) is 0.847. The molecule has 2 aromatic heterocycles. The highest BCUT2D eigenvalue weighted by Gasteiger charge is 2.03. The number of aromatic nitrogens is 3. The summed E-state index contributed by atoms with van der Waals surface area (Å²) in [6.45, 7) is 4.25. The van der Waals surface area contributed by atoms with Crippen LogP contribution in [0.4, 0.5) is 0 Å². The average Bonchev–Trinajstić information content (AvgIpc) is 2.44. The summed E-state index contributed by atoms with van der Waals surface area (Å²) in [6, 6.07) is 5.99. The minimum Gasteiger partial charge on any atom is -0.383 e. The summed E-state index contributed by atoms with van der Waals surface area (Å²) in [5.41, 5.74) is 3.18. The Morgan fingerprint density at radius 1 is 1.20 bits per heavy atom. The Bertz CT molecular complexity index is 531. The predicted molar refractivity (Wildman–Crippen MR) is 77.4 cm³/mol. The molecule has 0 amide bonds. The number of hydrogen-bond acceptors (Lipinski definition) is 5. The third-order valence-electron chi connectivity index (χ3n) is 2.85. The Morgan fingerprint density at radius 2 is 2.00 bits per heavy atom. The molecule has 0 saturated carbocycles. The lowest BCUT2D eigenvalue weighted by Gasteiger charge is -2.07. The number of nitrogens with one attached hydrogen (secondary N) is 1. The second-order valence-corrected chi connectivity index (χ2v) is 4.62. The van der Waals surface area contributed by atoms with Crippen molar-refractivity contribution in [3.8, 4) is 0 Å². The molecular formula is C15H20N4O. The molecular weight excluding hydrogens is 252 g/mol. The van der Waals surface area contributed by atoms with Crippen LogP contribution in [-0.4, -0.2) is 35.2 Å². The van der Waals surface area contributed by atoms with Crippen molar-refractivity contribution < 1.29 is 4.74 Å². The molecule has 5 heteroatoms. The van der Waals surface area contributed by atoms with Crippen LogP contribution in [0.5, 0.6) is 0 Å². The van der Waals surface area contributed by atoms with Crippen molar-refractivity contribution in [3.63, 3.8) is 0 Å². The van der Waals surface area contributed by atoms with E-state index in [9.17, 15) is 0 Å². The molecule has 0 aromatic carbocycles. The first-order valence-corrected chi connectivity index (χ1v) is 6.70. The first-order valence-electron chi connectivity index (χ1n) is 6.70. The summed E-state index contributed by atoms with van der Waals surface area (Å²) < 4.78 is 5.01. The molecule has 0 aliphatic rings. The highest BCUT2D eigenvalue weighted by molar-refractivity contribution is 5.18. The second-order valence-electron chi connectivity index (χ2n) is 4.62. The number of methoxy groups -OCH3 is 1. The van der Waals surface area contributed by atoms with E-state index in [1.54, 1.807) is 19.5 Å². The van der Waals surface area contributed by atoms with Crippen molar-refractivity contribution in [1.29, 1.82) is 0 Å². The summed E-state index contributed by atoms with van der Waals surface area (Å²) in [7, 11) is 1.70. The van der Waals surface area contributed by atoms with Crippen LogP contribution in [0.2, 0.25) is 0 Å². The van der Waals surface area contributed by atoms with E-state index in [1.807, 2.05) is 25.1 Å². The molecule has 1 N–H and O–H groups in total. The highest BCUT2D eigenvalue weighted by atomic mass is 16.5. The molecule has 0 radical (unpaired) electrons. The topological polar surface area (TPSA) is 59.9 Å². The van der Waals surface area contributed by atoms with Gasteiger partial charge in [-0.2, -0.15) is 0 Å². The van der Waals surface area contributed by atoms with Crippen molar-refractivity contribution in [2.75, 3.05) is 20.3 Å². The largest absolute Gasteiger partial charge is 0.383 e. The predicted octanol–water partition coefficient (Wildman–Crippen LogP) is 1.51. The summed E-state index contributed by atoms with van der Waals surface area (Å²) in [5, 5.41) is 3.30. The van der Waals surface area contributed by atoms with Gasteiger partial charge in [0.1, 0.15) is 5.82 Å². The summed E-state index contributed by atoms with van der Waals surface area (Å²) in [4.78, 5) is 13.1. The smallest absolute Gasteiger partial charge is 0.133 e. The van der Waals surface area contributed by atoms with Gasteiger partial charge in [-0.1, -0.05) is 0 Å². The minimum atomic E-state index is 0.702. The van der Waals surface area contributed by atoms with Crippen molar-refractivity contribution in [3.05, 3.63) is 53.4 Å². The van der Waals surface area contributed by atoms with Crippen molar-refractivity contribution in [1.82, 2.24) is 20.3 Å². The standard InChI is InChI=1S/C15H20N4O/c1-12-9-14(11-17-7-8-20-2)19-15(18-12)10-13-3-5-16-6-4-13/h3-6,9,17H,7-8,10-11H2,1-2H3. The Labute approximate surface area is 119 Å². The maximum absolute atomic E-state index is 5.01. The normalized spacial score (nSPS) is 10.7. The van der Waals surface area contributed by atoms with Crippen molar-refractivity contribution in [2.45, 2.75) is 19.9 Å². The number of aryl methyl sites for hydroxylation is 1. The van der Waals surface area contributed by atoms with E-state index < -0.39 is 0 Å². The molecule has 2 rings (SSSR count). The van der Waals surface area contributed by atoms with E-state index in [-0.39, 0.29) is 0 Å². The van der Waals surface area contributed by atoms with Gasteiger partial charge in [-0.15, -0.1) is 0 Å². The Morgan fingerprint density at radius 3 is 2.75 bits per heavy atom. The highest BCUT2D eigenvalue weighted by Crippen LogP contribution is 2.07. The maximum atomic E-state index is 5.01. The lowest BCUT2D eigenvalue weighted by Crippen LogP contribution is -2.20. The molecule has 0 spiro atoms. The van der Waals surface area contributed by atoms with Crippen LogP contribution in [0.3, 0.4) is 0 Å². The van der Waals surface area contributed by atoms with Gasteiger partial charge in [-0.3, -0.25) is 4.98 Å². The van der Waals surface area contributed by atoms with E-state index in [2.05, 4.69) is 20.3 Å². The third kappa shape index (κ3) is 4.68. The van der Waals surface area contributed by atoms with E-state index >= 15 is 0 Å². The van der Waals surface area contributed by atoms with Gasteiger partial charge in [-0.25, -0.2) is 9.97 Å². The SMILES string of the molecule is COCCNCc1cc(C)nc(Cc2ccncc2)n1. The van der Waals surface area contributed by atoms with Gasteiger partial charge in [0.25, 0.3) is 0 Å². The molecule has 0 fully saturated rings. The molecule has 0 bridgehead atoms. The molecule has 0 aliphatic carbocycles. The van der Waals surface area contributed by atoms with Gasteiger partial charge in [0.15, 0.2) is 0 Å². The van der Waals surface area contributed by atoms with Crippen LogP contribution in [0, 0.1) is 6.92 Å². The van der Waals surface area contributed by atoms with E-state index in [0.717, 1.165) is 36.7 Å². The van der Waals surface area contributed by atoms with E-state index in [1.165, 1.54) is 5.56 Å². The lowest BCUT2D eigenvalue weighted by atomic mass is 10.2. The molecule has 106 valence electrons. The van der Waals surface area contributed by atoms with Crippen LogP contribution in [0.25, 0.3) is 0 Å². The number of pyridine rings is 1. The van der Waals surface area contributed by atoms with E-state index in [4.69, 9.17) is 4.74 Å². The van der Waals surface area contributed by atoms with Crippen LogP contribution in [0.1, 0.15) is 22.8 Å². The van der Waals surface area contributed by atoms with Gasteiger partial charge in [0.05, 0.1) is 12.3 Å². The lowest BCUT2D eigenvalue weighted by molar-refractivity contribution is 0.199. The molecule has 0 saturated heterocycles. The Hall–Kier alpha value is -1.85. The number of rotatable bonds is 7. The summed E-state index contributed by atoms with van der Waals surface area (Å²) >= 11 is 0. The zero-order valence-electron chi connectivity index (χ0n) is 12.0. The fraction of sp³-hybridized carbons (Fsp3) is 0.400. The van der Waals surface area contributed by atoms with Gasteiger partial charge in [0.2, 0.25) is 0 Å². The fourth-order valence-electron chi connectivity index (χ4n) is 1.94. The zero-order valence-corrected chi connectivity index (χ0v) is 12.0. The van der Waals surface area contributed by atoms with Gasteiger partial charge in [-0.05, 0) is 30.7 Å². The van der Waals surface area contributed by atoms with Crippen molar-refractivity contribution in [2.24, 2.45) is 0 Å². The molecule has 5 nitrogen and oxygen atoms in total. The van der Waals surface area contributed by atoms with Gasteiger partial charge < -0.3 is 10.1 Å². The molecule has 0 unspecified atom stereocenters. The summed E-state index contributed by atoms with van der Waals surface area (Å²) in [6.07, 6.45) is 4.31. The first-order chi connectivity index (χ1) is 9.78. The zero-order chi connectivity index (χ0) is 14.2. The Kier molecular flexibility index (Phi) is 5.58. The fourth-order valence-corrected chi connectivity index (χ4v) is 1.94. The maximum Gasteiger partial charge on any atom is 0.133 e. The van der Waals surface area contributed by atoms with Crippen LogP contribution < -0.4 is 5.32 Å². The second kappa shape index (κ2) is 7.67. The van der Waals surface area contributed by atoms with E-state index in [0.29, 0.717) is 6.61 Å². The van der Waals surface area contributed by atoms with Gasteiger partial charge >= 0.3 is 0 Å². The number of hydrogen-bond donors (Lipinski definition) is 1. The number of ether oxygens (including phenoxy) is 1. The average molecular weight is 272 g/mol. The van der Waals surface area contributed by atoms with Crippen LogP contribution in [-0.2, 0) is 17.7 Å². The number of nitrogens with zero attached hydrogens (tertiary/aromatic N) is 3. The molecule has 0 atom stereocenters. The molecule has 2 aromatic rings.